The summed E-state index contributed by atoms with van der Waals surface area (Å²) in [6, 6.07) is 0.515. The van der Waals surface area contributed by atoms with Crippen molar-refractivity contribution in [3.05, 3.63) is 16.1 Å². The molecule has 0 aliphatic carbocycles. The number of nitrogens with zero attached hydrogens (tertiary/aromatic N) is 1. The fraction of sp³-hybridized carbons (Fsp3) is 0.769. The lowest BCUT2D eigenvalue weighted by Gasteiger charge is -2.21. The third kappa shape index (κ3) is 4.05. The summed E-state index contributed by atoms with van der Waals surface area (Å²) in [4.78, 5) is 4.74. The van der Waals surface area contributed by atoms with Gasteiger partial charge in [0.05, 0.1) is 10.7 Å². The van der Waals surface area contributed by atoms with E-state index in [-0.39, 0.29) is 0 Å². The SMILES string of the molecule is CNC(C)Cc1csc(CC2CCCNC2)n1. The minimum atomic E-state index is 0.515. The second-order valence-electron chi connectivity index (χ2n) is 5.04. The number of hydrogen-bond donors (Lipinski definition) is 2. The Morgan fingerprint density at radius 2 is 2.53 bits per heavy atom. The standard InChI is InChI=1S/C13H23N3S/c1-10(14-2)6-12-9-17-13(16-12)7-11-4-3-5-15-8-11/h9-11,14-15H,3-8H2,1-2H3. The fourth-order valence-corrected chi connectivity index (χ4v) is 3.22. The zero-order chi connectivity index (χ0) is 12.1. The topological polar surface area (TPSA) is 37.0 Å². The van der Waals surface area contributed by atoms with Crippen LogP contribution in [0.3, 0.4) is 0 Å². The summed E-state index contributed by atoms with van der Waals surface area (Å²) >= 11 is 1.83. The molecule has 1 aromatic heterocycles. The maximum atomic E-state index is 4.74. The van der Waals surface area contributed by atoms with Gasteiger partial charge < -0.3 is 10.6 Å². The molecule has 1 fully saturated rings. The van der Waals surface area contributed by atoms with Crippen molar-refractivity contribution in [2.75, 3.05) is 20.1 Å². The van der Waals surface area contributed by atoms with E-state index in [9.17, 15) is 0 Å². The normalized spacial score (nSPS) is 22.6. The summed E-state index contributed by atoms with van der Waals surface area (Å²) in [7, 11) is 2.01. The second kappa shape index (κ2) is 6.47. The van der Waals surface area contributed by atoms with Crippen LogP contribution in [0.25, 0.3) is 0 Å². The van der Waals surface area contributed by atoms with Crippen LogP contribution >= 0.6 is 11.3 Å². The van der Waals surface area contributed by atoms with Crippen LogP contribution < -0.4 is 10.6 Å². The van der Waals surface area contributed by atoms with E-state index in [2.05, 4.69) is 22.9 Å². The summed E-state index contributed by atoms with van der Waals surface area (Å²) < 4.78 is 0. The van der Waals surface area contributed by atoms with E-state index in [1.165, 1.54) is 36.6 Å². The van der Waals surface area contributed by atoms with Crippen molar-refractivity contribution in [2.45, 2.75) is 38.6 Å². The number of likely N-dealkylation sites (N-methyl/N-ethyl adjacent to an activating group) is 1. The van der Waals surface area contributed by atoms with Crippen molar-refractivity contribution in [1.82, 2.24) is 15.6 Å². The summed E-state index contributed by atoms with van der Waals surface area (Å²) in [6.07, 6.45) is 4.87. The molecule has 0 bridgehead atoms. The molecule has 1 aromatic rings. The van der Waals surface area contributed by atoms with Crippen molar-refractivity contribution < 1.29 is 0 Å². The molecule has 0 saturated carbocycles. The van der Waals surface area contributed by atoms with Gasteiger partial charge in [0, 0.05) is 24.3 Å². The van der Waals surface area contributed by atoms with E-state index >= 15 is 0 Å². The van der Waals surface area contributed by atoms with Gasteiger partial charge in [-0.3, -0.25) is 0 Å². The Hall–Kier alpha value is -0.450. The Morgan fingerprint density at radius 1 is 1.65 bits per heavy atom. The molecule has 2 unspecified atom stereocenters. The number of hydrogen-bond acceptors (Lipinski definition) is 4. The van der Waals surface area contributed by atoms with E-state index in [0.717, 1.165) is 18.8 Å². The molecule has 1 aliphatic rings. The van der Waals surface area contributed by atoms with Gasteiger partial charge in [0.1, 0.15) is 0 Å². The lowest BCUT2D eigenvalue weighted by molar-refractivity contribution is 0.375. The lowest BCUT2D eigenvalue weighted by Crippen LogP contribution is -2.30. The van der Waals surface area contributed by atoms with Gasteiger partial charge in [0.15, 0.2) is 0 Å². The first-order valence-corrected chi connectivity index (χ1v) is 7.47. The third-order valence-corrected chi connectivity index (χ3v) is 4.39. The van der Waals surface area contributed by atoms with Gasteiger partial charge in [-0.25, -0.2) is 4.98 Å². The first-order valence-electron chi connectivity index (χ1n) is 6.59. The summed E-state index contributed by atoms with van der Waals surface area (Å²) in [5.74, 6) is 0.796. The minimum absolute atomic E-state index is 0.515. The monoisotopic (exact) mass is 253 g/mol. The smallest absolute Gasteiger partial charge is 0.0931 e. The Balaban J connectivity index is 1.84. The van der Waals surface area contributed by atoms with E-state index in [0.29, 0.717) is 6.04 Å². The second-order valence-corrected chi connectivity index (χ2v) is 5.99. The molecular formula is C13H23N3S. The highest BCUT2D eigenvalue weighted by molar-refractivity contribution is 7.09. The zero-order valence-corrected chi connectivity index (χ0v) is 11.6. The Morgan fingerprint density at radius 3 is 3.24 bits per heavy atom. The van der Waals surface area contributed by atoms with Gasteiger partial charge in [-0.1, -0.05) is 0 Å². The minimum Gasteiger partial charge on any atom is -0.317 e. The molecular weight excluding hydrogens is 230 g/mol. The summed E-state index contributed by atoms with van der Waals surface area (Å²) in [6.45, 7) is 4.56. The van der Waals surface area contributed by atoms with E-state index in [1.807, 2.05) is 18.4 Å². The third-order valence-electron chi connectivity index (χ3n) is 3.47. The Bertz CT molecular complexity index is 331. The maximum absolute atomic E-state index is 4.74. The van der Waals surface area contributed by atoms with E-state index in [1.54, 1.807) is 0 Å². The lowest BCUT2D eigenvalue weighted by atomic mass is 9.97. The van der Waals surface area contributed by atoms with Crippen LogP contribution in [0.2, 0.25) is 0 Å². The number of thiazole rings is 1. The highest BCUT2D eigenvalue weighted by Crippen LogP contribution is 2.19. The van der Waals surface area contributed by atoms with Gasteiger partial charge in [0.2, 0.25) is 0 Å². The highest BCUT2D eigenvalue weighted by Gasteiger charge is 2.15. The van der Waals surface area contributed by atoms with Crippen LogP contribution in [0, 0.1) is 5.92 Å². The van der Waals surface area contributed by atoms with E-state index < -0.39 is 0 Å². The van der Waals surface area contributed by atoms with Gasteiger partial charge in [-0.2, -0.15) is 0 Å². The molecule has 17 heavy (non-hydrogen) atoms. The van der Waals surface area contributed by atoms with Crippen molar-refractivity contribution in [3.8, 4) is 0 Å². The highest BCUT2D eigenvalue weighted by atomic mass is 32.1. The fourth-order valence-electron chi connectivity index (χ4n) is 2.30. The van der Waals surface area contributed by atoms with Crippen molar-refractivity contribution in [3.63, 3.8) is 0 Å². The molecule has 96 valence electrons. The average molecular weight is 253 g/mol. The molecule has 4 heteroatoms. The molecule has 1 aliphatic heterocycles. The molecule has 1 saturated heterocycles. The van der Waals surface area contributed by atoms with Crippen LogP contribution in [0.1, 0.15) is 30.5 Å². The molecule has 0 aromatic carbocycles. The molecule has 2 heterocycles. The van der Waals surface area contributed by atoms with Gasteiger partial charge in [-0.15, -0.1) is 11.3 Å². The Kier molecular flexibility index (Phi) is 4.95. The first-order chi connectivity index (χ1) is 8.28. The number of aromatic nitrogens is 1. The summed E-state index contributed by atoms with van der Waals surface area (Å²) in [5, 5.41) is 10.3. The predicted octanol–water partition coefficient (Wildman–Crippen LogP) is 1.84. The number of nitrogens with one attached hydrogen (secondary N) is 2. The Labute approximate surface area is 108 Å². The van der Waals surface area contributed by atoms with Gasteiger partial charge in [-0.05, 0) is 45.8 Å². The van der Waals surface area contributed by atoms with Gasteiger partial charge in [0.25, 0.3) is 0 Å². The summed E-state index contributed by atoms with van der Waals surface area (Å²) in [5.41, 5.74) is 1.25. The quantitative estimate of drug-likeness (QED) is 0.841. The van der Waals surface area contributed by atoms with Crippen LogP contribution in [0.4, 0.5) is 0 Å². The molecule has 0 amide bonds. The zero-order valence-electron chi connectivity index (χ0n) is 10.8. The molecule has 2 N–H and O–H groups in total. The number of piperidine rings is 1. The van der Waals surface area contributed by atoms with Crippen LogP contribution in [-0.2, 0) is 12.8 Å². The van der Waals surface area contributed by atoms with Crippen LogP contribution in [0.5, 0.6) is 0 Å². The number of rotatable bonds is 5. The maximum Gasteiger partial charge on any atom is 0.0931 e. The van der Waals surface area contributed by atoms with Crippen molar-refractivity contribution in [2.24, 2.45) is 5.92 Å². The first kappa shape index (κ1) is 13.0. The van der Waals surface area contributed by atoms with Crippen LogP contribution in [-0.4, -0.2) is 31.2 Å². The van der Waals surface area contributed by atoms with Crippen LogP contribution in [0.15, 0.2) is 5.38 Å². The molecule has 2 rings (SSSR count). The molecule has 2 atom stereocenters. The van der Waals surface area contributed by atoms with Crippen molar-refractivity contribution in [1.29, 1.82) is 0 Å². The average Bonchev–Trinajstić information content (AvgIpc) is 2.77. The van der Waals surface area contributed by atoms with E-state index in [4.69, 9.17) is 4.98 Å². The molecule has 3 nitrogen and oxygen atoms in total. The largest absolute Gasteiger partial charge is 0.317 e. The van der Waals surface area contributed by atoms with Crippen molar-refractivity contribution >= 4 is 11.3 Å². The van der Waals surface area contributed by atoms with Gasteiger partial charge >= 0.3 is 0 Å². The predicted molar refractivity (Wildman–Crippen MR) is 73.6 cm³/mol. The molecule has 0 radical (unpaired) electrons. The molecule has 0 spiro atoms.